The number of rotatable bonds is 4. The van der Waals surface area contributed by atoms with Gasteiger partial charge in [-0.1, -0.05) is 111 Å². The van der Waals surface area contributed by atoms with Crippen LogP contribution >= 0.6 is 0 Å². The van der Waals surface area contributed by atoms with E-state index in [9.17, 15) is 4.11 Å². The average molecular weight is 546 g/mol. The average Bonchev–Trinajstić information content (AvgIpc) is 3.69. The van der Waals surface area contributed by atoms with Gasteiger partial charge in [-0.2, -0.15) is 0 Å². The summed E-state index contributed by atoms with van der Waals surface area (Å²) in [6.45, 7) is 3.34. The van der Waals surface area contributed by atoms with E-state index in [0.29, 0.717) is 0 Å². The van der Waals surface area contributed by atoms with Crippen molar-refractivity contribution in [3.63, 3.8) is 0 Å². The van der Waals surface area contributed by atoms with E-state index >= 15 is 0 Å². The highest BCUT2D eigenvalue weighted by molar-refractivity contribution is 6.06. The number of furan rings is 1. The number of hydrogen-bond donors (Lipinski definition) is 0. The minimum atomic E-state index is -1.26. The van der Waals surface area contributed by atoms with Crippen LogP contribution in [-0.4, -0.2) is 0 Å². The first-order valence-corrected chi connectivity index (χ1v) is 12.7. The Morgan fingerprint density at radius 3 is 2.10 bits per heavy atom. The lowest BCUT2D eigenvalue weighted by Crippen LogP contribution is -2.16. The van der Waals surface area contributed by atoms with Gasteiger partial charge in [-0.25, -0.2) is 0 Å². The summed E-state index contributed by atoms with van der Waals surface area (Å²) >= 11 is 0. The summed E-state index contributed by atoms with van der Waals surface area (Å²) in [6, 6.07) is -2.46. The number of benzene rings is 6. The molecule has 41 heavy (non-hydrogen) atoms. The summed E-state index contributed by atoms with van der Waals surface area (Å²) in [5.74, 6) is 0. The van der Waals surface area contributed by atoms with Crippen molar-refractivity contribution in [2.75, 3.05) is 4.90 Å². The third kappa shape index (κ3) is 3.64. The molecule has 2 nitrogen and oxygen atoms in total. The van der Waals surface area contributed by atoms with Crippen molar-refractivity contribution in [1.29, 1.82) is 0 Å². The van der Waals surface area contributed by atoms with E-state index in [1.165, 1.54) is 35.2 Å². The van der Waals surface area contributed by atoms with Gasteiger partial charge in [0.1, 0.15) is 11.2 Å². The first-order chi connectivity index (χ1) is 27.5. The lowest BCUT2D eigenvalue weighted by molar-refractivity contribution is 0.660. The van der Waals surface area contributed by atoms with Crippen molar-refractivity contribution in [3.8, 4) is 22.3 Å². The Morgan fingerprint density at radius 1 is 0.585 bits per heavy atom. The molecule has 1 aliphatic rings. The fraction of sp³-hybridized carbons (Fsp3) is 0.0769. The molecule has 0 radical (unpaired) electrons. The lowest BCUT2D eigenvalue weighted by Gasteiger charge is -2.29. The molecule has 0 atom stereocenters. The molecule has 1 aliphatic carbocycles. The standard InChI is InChI=1S/C39H29NO/c1-39(2)33-15-8-6-14-32(33)38-34(39)16-10-17-35(38)40(28-21-19-27(20-22-28)26-11-4-3-5-12-26)29-23-24-31-30-13-7-9-18-36(30)41-37(31)25-29/h3-25H,1-2H3/i3D,4D,5D,6D,7D,8D,9D,10D,11D,12D,13D,14D,15D,16D,18D,19D,20D,24D. The molecular formula is C39H29NO. The van der Waals surface area contributed by atoms with Gasteiger partial charge in [0.25, 0.3) is 0 Å². The van der Waals surface area contributed by atoms with Gasteiger partial charge in [0.15, 0.2) is 0 Å². The summed E-state index contributed by atoms with van der Waals surface area (Å²) in [5.41, 5.74) is -1.64. The van der Waals surface area contributed by atoms with Crippen molar-refractivity contribution in [1.82, 2.24) is 0 Å². The summed E-state index contributed by atoms with van der Waals surface area (Å²) in [7, 11) is 0. The SMILES string of the molecule is [2H]c1cc(N(c2cc([2H])c(-c3c([2H])c([2H])c([2H])c([2H])c3[2H])c([2H])c2)c2cc([2H])c3c(c2)oc2c([2H])c([2H])c([2H])c([2H])c23)c2c(c1[2H])C(C)(C)c1c([2H])c([2H])c([2H])c([2H])c1-2. The zero-order chi connectivity index (χ0) is 43.2. The van der Waals surface area contributed by atoms with E-state index < -0.39 is 90.0 Å². The summed E-state index contributed by atoms with van der Waals surface area (Å²) < 4.78 is 162. The predicted molar refractivity (Wildman–Crippen MR) is 171 cm³/mol. The molecule has 0 saturated carbocycles. The molecule has 7 aromatic rings. The van der Waals surface area contributed by atoms with Crippen LogP contribution in [0.25, 0.3) is 44.2 Å². The molecule has 1 aromatic heterocycles. The molecule has 0 N–H and O–H groups in total. The van der Waals surface area contributed by atoms with Crippen LogP contribution in [-0.2, 0) is 5.41 Å². The molecule has 2 heteroatoms. The van der Waals surface area contributed by atoms with Gasteiger partial charge in [0.2, 0.25) is 0 Å². The third-order valence-corrected chi connectivity index (χ3v) is 7.34. The summed E-state index contributed by atoms with van der Waals surface area (Å²) in [5, 5.41) is 0.00152. The monoisotopic (exact) mass is 545 g/mol. The number of anilines is 3. The Morgan fingerprint density at radius 2 is 1.24 bits per heavy atom. The quantitative estimate of drug-likeness (QED) is 0.219. The Bertz CT molecular complexity index is 3030. The fourth-order valence-corrected chi connectivity index (χ4v) is 5.42. The molecule has 8 rings (SSSR count). The largest absolute Gasteiger partial charge is 0.456 e. The van der Waals surface area contributed by atoms with Crippen molar-refractivity contribution in [2.24, 2.45) is 0 Å². The maximum absolute atomic E-state index is 9.20. The number of para-hydroxylation sites is 1. The molecular weight excluding hydrogens is 498 g/mol. The van der Waals surface area contributed by atoms with Crippen molar-refractivity contribution >= 4 is 39.0 Å². The zero-order valence-electron chi connectivity index (χ0n) is 39.7. The second-order valence-corrected chi connectivity index (χ2v) is 10.0. The molecule has 0 saturated heterocycles. The van der Waals surface area contributed by atoms with Crippen molar-refractivity contribution in [2.45, 2.75) is 19.3 Å². The highest BCUT2D eigenvalue weighted by Crippen LogP contribution is 2.54. The van der Waals surface area contributed by atoms with Gasteiger partial charge >= 0.3 is 0 Å². The maximum atomic E-state index is 9.20. The molecule has 0 unspecified atom stereocenters. The van der Waals surface area contributed by atoms with Gasteiger partial charge in [-0.05, 0) is 64.2 Å². The van der Waals surface area contributed by atoms with E-state index in [1.54, 1.807) is 13.8 Å². The number of fused-ring (bicyclic) bond motifs is 6. The van der Waals surface area contributed by atoms with Crippen LogP contribution in [0.1, 0.15) is 49.6 Å². The van der Waals surface area contributed by atoms with Crippen molar-refractivity contribution in [3.05, 3.63) is 150 Å². The van der Waals surface area contributed by atoms with E-state index in [2.05, 4.69) is 0 Å². The molecule has 0 amide bonds. The Kier molecular flexibility index (Phi) is 2.58. The summed E-state index contributed by atoms with van der Waals surface area (Å²) in [6.07, 6.45) is 0. The highest BCUT2D eigenvalue weighted by Gasteiger charge is 2.37. The highest BCUT2D eigenvalue weighted by atomic mass is 16.3. The molecule has 0 aliphatic heterocycles. The minimum absolute atomic E-state index is 0.0124. The van der Waals surface area contributed by atoms with Gasteiger partial charge in [-0.15, -0.1) is 0 Å². The van der Waals surface area contributed by atoms with E-state index in [0.717, 1.165) is 0 Å². The van der Waals surface area contributed by atoms with Gasteiger partial charge < -0.3 is 9.32 Å². The van der Waals surface area contributed by atoms with Crippen LogP contribution < -0.4 is 4.90 Å². The molecule has 6 aromatic carbocycles. The lowest BCUT2D eigenvalue weighted by atomic mass is 9.82. The Hall–Kier alpha value is -5.08. The molecule has 0 fully saturated rings. The zero-order valence-corrected chi connectivity index (χ0v) is 21.7. The fourth-order valence-electron chi connectivity index (χ4n) is 5.42. The second-order valence-electron chi connectivity index (χ2n) is 10.0. The van der Waals surface area contributed by atoms with E-state index in [4.69, 9.17) is 25.0 Å². The minimum Gasteiger partial charge on any atom is -0.456 e. The van der Waals surface area contributed by atoms with Crippen LogP contribution in [0.15, 0.2) is 144 Å². The predicted octanol–water partition coefficient (Wildman–Crippen LogP) is 11.0. The van der Waals surface area contributed by atoms with Crippen LogP contribution in [0.4, 0.5) is 17.1 Å². The first kappa shape index (κ1) is 11.8. The number of hydrogen-bond acceptors (Lipinski definition) is 2. The maximum Gasteiger partial charge on any atom is 0.137 e. The van der Waals surface area contributed by atoms with E-state index in [1.807, 2.05) is 0 Å². The molecule has 196 valence electrons. The van der Waals surface area contributed by atoms with Crippen LogP contribution in [0, 0.1) is 0 Å². The Balaban J connectivity index is 1.52. The molecule has 0 spiro atoms. The Labute approximate surface area is 265 Å². The number of nitrogens with zero attached hydrogens (tertiary/aromatic N) is 1. The van der Waals surface area contributed by atoms with Gasteiger partial charge in [0, 0.05) is 39.2 Å². The molecule has 1 heterocycles. The topological polar surface area (TPSA) is 16.4 Å². The van der Waals surface area contributed by atoms with Crippen LogP contribution in [0.5, 0.6) is 0 Å². The van der Waals surface area contributed by atoms with Crippen molar-refractivity contribution < 1.29 is 29.1 Å². The smallest absolute Gasteiger partial charge is 0.137 e. The van der Waals surface area contributed by atoms with Crippen LogP contribution in [0.2, 0.25) is 0 Å². The van der Waals surface area contributed by atoms with Gasteiger partial charge in [0.05, 0.1) is 30.4 Å². The molecule has 0 bridgehead atoms. The van der Waals surface area contributed by atoms with Gasteiger partial charge in [-0.3, -0.25) is 0 Å². The van der Waals surface area contributed by atoms with E-state index in [-0.39, 0.29) is 96.6 Å². The first-order valence-electron chi connectivity index (χ1n) is 21.7. The van der Waals surface area contributed by atoms with Crippen LogP contribution in [0.3, 0.4) is 0 Å². The third-order valence-electron chi connectivity index (χ3n) is 7.34. The second kappa shape index (κ2) is 8.97. The normalized spacial score (nSPS) is 19.5. The summed E-state index contributed by atoms with van der Waals surface area (Å²) in [4.78, 5) is 1.39.